The van der Waals surface area contributed by atoms with Gasteiger partial charge in [0.1, 0.15) is 43.2 Å². The predicted molar refractivity (Wildman–Crippen MR) is 243 cm³/mol. The van der Waals surface area contributed by atoms with Crippen molar-refractivity contribution in [3.63, 3.8) is 0 Å². The van der Waals surface area contributed by atoms with Crippen LogP contribution in [0.2, 0.25) is 0 Å². The fourth-order valence-electron chi connectivity index (χ4n) is 6.85. The highest BCUT2D eigenvalue weighted by atomic mass is 31.2. The van der Waals surface area contributed by atoms with Crippen molar-refractivity contribution in [2.45, 2.75) is 210 Å². The van der Waals surface area contributed by atoms with Crippen molar-refractivity contribution < 1.29 is 82.0 Å². The van der Waals surface area contributed by atoms with Crippen LogP contribution in [0.4, 0.5) is 0 Å². The molecule has 0 aromatic carbocycles. The molecular weight excluding hydrogens is 874 g/mol. The molecular formula is C45H80O17P2. The van der Waals surface area contributed by atoms with Crippen LogP contribution in [0.3, 0.4) is 0 Å². The number of hydrogen-bond donors (Lipinski definition) is 8. The Morgan fingerprint density at radius 2 is 1.14 bits per heavy atom. The molecule has 0 amide bonds. The lowest BCUT2D eigenvalue weighted by Crippen LogP contribution is -2.64. The van der Waals surface area contributed by atoms with Crippen molar-refractivity contribution in [1.29, 1.82) is 0 Å². The van der Waals surface area contributed by atoms with Gasteiger partial charge in [-0.25, -0.2) is 9.13 Å². The summed E-state index contributed by atoms with van der Waals surface area (Å²) in [5.41, 5.74) is 0. The van der Waals surface area contributed by atoms with E-state index in [1.807, 2.05) is 18.2 Å². The normalized spacial score (nSPS) is 22.7. The standard InChI is InChI=1S/C45H80O17P2/c1-3-5-7-9-11-12-13-14-15-16-17-18-20-24-28-32-38(47)58-34-37(60-39(48)33-29-25-21-23-27-31-36(46)30-26-22-19-10-8-6-4-2)35-59-64(56,57)62-45-42(51)40(49)41(50)44(43(45)52)61-63(53,54)55/h6,8,12-13,19,22,26,30,36-37,40-46,49-52H,3-5,7,9-11,14-18,20-21,23-25,27-29,31-35H2,1-2H3,(H,56,57)(H2,53,54,55)/b8-6+,13-12-,22-19+,30-26+/t36?,37-,40?,41?,42?,43?,44-,45+/m1/s1. The van der Waals surface area contributed by atoms with E-state index in [0.29, 0.717) is 25.7 Å². The van der Waals surface area contributed by atoms with Crippen LogP contribution in [0.15, 0.2) is 48.6 Å². The number of allylic oxidation sites excluding steroid dienone is 7. The molecule has 0 saturated heterocycles. The summed E-state index contributed by atoms with van der Waals surface area (Å²) in [4.78, 5) is 54.2. The van der Waals surface area contributed by atoms with E-state index in [2.05, 4.69) is 42.7 Å². The average Bonchev–Trinajstić information content (AvgIpc) is 3.24. The summed E-state index contributed by atoms with van der Waals surface area (Å²) in [6, 6.07) is 0. The Bertz CT molecular complexity index is 1450. The van der Waals surface area contributed by atoms with Crippen LogP contribution < -0.4 is 0 Å². The van der Waals surface area contributed by atoms with Crippen molar-refractivity contribution in [2.24, 2.45) is 0 Å². The van der Waals surface area contributed by atoms with Gasteiger partial charge in [0.05, 0.1) is 12.7 Å². The molecule has 1 fully saturated rings. The first-order chi connectivity index (χ1) is 30.5. The molecule has 0 aromatic rings. The first-order valence-electron chi connectivity index (χ1n) is 23.3. The molecule has 19 heteroatoms. The summed E-state index contributed by atoms with van der Waals surface area (Å²) in [6.07, 6.45) is 20.8. The topological polar surface area (TPSA) is 276 Å². The first kappa shape index (κ1) is 59.9. The molecule has 1 aliphatic carbocycles. The number of carbonyl (C=O) groups excluding carboxylic acids is 2. The molecule has 17 nitrogen and oxygen atoms in total. The molecule has 1 aliphatic rings. The molecule has 0 heterocycles. The lowest BCUT2D eigenvalue weighted by molar-refractivity contribution is -0.216. The minimum Gasteiger partial charge on any atom is -0.462 e. The van der Waals surface area contributed by atoms with Gasteiger partial charge in [-0.2, -0.15) is 0 Å². The van der Waals surface area contributed by atoms with Crippen LogP contribution in [-0.4, -0.2) is 114 Å². The molecule has 9 atom stereocenters. The van der Waals surface area contributed by atoms with Crippen molar-refractivity contribution in [3.05, 3.63) is 48.6 Å². The Morgan fingerprint density at radius 3 is 1.73 bits per heavy atom. The summed E-state index contributed by atoms with van der Waals surface area (Å²) in [6.45, 7) is 2.87. The van der Waals surface area contributed by atoms with E-state index in [1.54, 1.807) is 6.08 Å². The number of aliphatic hydroxyl groups is 5. The molecule has 64 heavy (non-hydrogen) atoms. The monoisotopic (exact) mass is 954 g/mol. The average molecular weight is 955 g/mol. The second-order valence-electron chi connectivity index (χ2n) is 16.3. The fourth-order valence-corrected chi connectivity index (χ4v) is 8.39. The number of hydrogen-bond acceptors (Lipinski definition) is 14. The van der Waals surface area contributed by atoms with E-state index in [9.17, 15) is 49.1 Å². The molecule has 0 radical (unpaired) electrons. The Kier molecular flexibility index (Phi) is 33.7. The van der Waals surface area contributed by atoms with Crippen LogP contribution in [0.25, 0.3) is 0 Å². The number of unbranched alkanes of at least 4 members (excludes halogenated alkanes) is 15. The minimum absolute atomic E-state index is 0.0274. The van der Waals surface area contributed by atoms with Gasteiger partial charge in [0.15, 0.2) is 6.10 Å². The molecule has 0 spiro atoms. The quantitative estimate of drug-likeness (QED) is 0.00979. The van der Waals surface area contributed by atoms with E-state index >= 15 is 0 Å². The number of phosphoric ester groups is 2. The van der Waals surface area contributed by atoms with Crippen LogP contribution in [-0.2, 0) is 41.8 Å². The van der Waals surface area contributed by atoms with Crippen LogP contribution in [0.1, 0.15) is 162 Å². The number of ether oxygens (including phenoxy) is 2. The highest BCUT2D eigenvalue weighted by Crippen LogP contribution is 2.49. The molecule has 372 valence electrons. The summed E-state index contributed by atoms with van der Waals surface area (Å²) in [5, 5.41) is 51.4. The SMILES string of the molecule is CC/C=C/C/C=C/C=C/C(O)CCCCCCCC(=O)O[C@H](COC(=O)CCCCCCCCC/C=C\CCCCCC)COP(=O)(O)O[C@H]1C(O)C(O)C(O)[C@@H](OP(=O)(O)O)C1O. The third kappa shape index (κ3) is 30.3. The zero-order valence-corrected chi connectivity index (χ0v) is 39.9. The van der Waals surface area contributed by atoms with Crippen molar-refractivity contribution in [3.8, 4) is 0 Å². The van der Waals surface area contributed by atoms with Gasteiger partial charge in [-0.15, -0.1) is 0 Å². The van der Waals surface area contributed by atoms with Gasteiger partial charge in [-0.1, -0.05) is 140 Å². The Morgan fingerprint density at radius 1 is 0.594 bits per heavy atom. The van der Waals surface area contributed by atoms with E-state index in [1.165, 1.54) is 25.7 Å². The van der Waals surface area contributed by atoms with Crippen molar-refractivity contribution in [1.82, 2.24) is 0 Å². The van der Waals surface area contributed by atoms with Gasteiger partial charge in [-0.3, -0.25) is 23.2 Å². The number of phosphoric acid groups is 2. The molecule has 0 aliphatic heterocycles. The van der Waals surface area contributed by atoms with E-state index in [-0.39, 0.29) is 12.8 Å². The first-order valence-corrected chi connectivity index (χ1v) is 26.3. The second-order valence-corrected chi connectivity index (χ2v) is 18.9. The molecule has 6 unspecified atom stereocenters. The highest BCUT2D eigenvalue weighted by Gasteiger charge is 2.54. The van der Waals surface area contributed by atoms with Gasteiger partial charge < -0.3 is 49.7 Å². The number of carbonyl (C=O) groups is 2. The van der Waals surface area contributed by atoms with Crippen molar-refractivity contribution in [2.75, 3.05) is 13.2 Å². The summed E-state index contributed by atoms with van der Waals surface area (Å²) < 4.78 is 49.3. The van der Waals surface area contributed by atoms with Crippen molar-refractivity contribution >= 4 is 27.6 Å². The zero-order chi connectivity index (χ0) is 47.6. The van der Waals surface area contributed by atoms with Crippen LogP contribution in [0.5, 0.6) is 0 Å². The maximum Gasteiger partial charge on any atom is 0.472 e. The molecule has 0 aromatic heterocycles. The molecule has 0 bridgehead atoms. The number of aliphatic hydroxyl groups excluding tert-OH is 5. The van der Waals surface area contributed by atoms with E-state index in [0.717, 1.165) is 83.5 Å². The van der Waals surface area contributed by atoms with Gasteiger partial charge in [0.25, 0.3) is 0 Å². The number of rotatable bonds is 38. The third-order valence-corrected chi connectivity index (χ3v) is 12.0. The Balaban J connectivity index is 2.64. The zero-order valence-electron chi connectivity index (χ0n) is 38.1. The molecule has 1 saturated carbocycles. The lowest BCUT2D eigenvalue weighted by Gasteiger charge is -2.43. The predicted octanol–water partition coefficient (Wildman–Crippen LogP) is 7.48. The van der Waals surface area contributed by atoms with Gasteiger partial charge >= 0.3 is 27.6 Å². The largest absolute Gasteiger partial charge is 0.472 e. The Hall–Kier alpha value is -2.08. The third-order valence-electron chi connectivity index (χ3n) is 10.5. The van der Waals surface area contributed by atoms with Crippen LogP contribution in [0, 0.1) is 0 Å². The summed E-state index contributed by atoms with van der Waals surface area (Å²) >= 11 is 0. The van der Waals surface area contributed by atoms with E-state index in [4.69, 9.17) is 28.3 Å². The smallest absolute Gasteiger partial charge is 0.462 e. The molecule has 8 N–H and O–H groups in total. The molecule has 1 rings (SSSR count). The van der Waals surface area contributed by atoms with Gasteiger partial charge in [0, 0.05) is 12.8 Å². The Labute approximate surface area is 380 Å². The fraction of sp³-hybridized carbons (Fsp3) is 0.778. The maximum atomic E-state index is 13.0. The number of esters is 2. The minimum atomic E-state index is -5.38. The van der Waals surface area contributed by atoms with E-state index < -0.39 is 89.6 Å². The summed E-state index contributed by atoms with van der Waals surface area (Å²) in [5.74, 6) is -1.29. The van der Waals surface area contributed by atoms with Crippen LogP contribution >= 0.6 is 15.6 Å². The highest BCUT2D eigenvalue weighted by molar-refractivity contribution is 7.47. The van der Waals surface area contributed by atoms with Gasteiger partial charge in [-0.05, 0) is 57.8 Å². The maximum absolute atomic E-state index is 13.0. The lowest BCUT2D eigenvalue weighted by atomic mass is 9.85. The second kappa shape index (κ2) is 36.0. The van der Waals surface area contributed by atoms with Gasteiger partial charge in [0.2, 0.25) is 0 Å². The summed E-state index contributed by atoms with van der Waals surface area (Å²) in [7, 11) is -10.7.